The van der Waals surface area contributed by atoms with E-state index in [1.807, 2.05) is 26.0 Å². The lowest BCUT2D eigenvalue weighted by atomic mass is 9.95. The van der Waals surface area contributed by atoms with Gasteiger partial charge in [0.1, 0.15) is 17.6 Å². The second-order valence-electron chi connectivity index (χ2n) is 9.49. The fraction of sp³-hybridized carbons (Fsp3) is 0.379. The van der Waals surface area contributed by atoms with Crippen LogP contribution in [-0.4, -0.2) is 57.3 Å². The largest absolute Gasteiger partial charge is 0.484 e. The van der Waals surface area contributed by atoms with Gasteiger partial charge in [0.25, 0.3) is 5.91 Å². The topological polar surface area (TPSA) is 98.6 Å². The molecule has 11 heteroatoms. The van der Waals surface area contributed by atoms with Gasteiger partial charge in [-0.2, -0.15) is 4.98 Å². The van der Waals surface area contributed by atoms with Gasteiger partial charge in [-0.15, -0.1) is 5.10 Å². The fourth-order valence-corrected chi connectivity index (χ4v) is 5.17. The molecule has 2 aromatic carbocycles. The van der Waals surface area contributed by atoms with Gasteiger partial charge >= 0.3 is 5.97 Å². The van der Waals surface area contributed by atoms with Gasteiger partial charge in [-0.25, -0.2) is 13.9 Å². The number of carbonyl (C=O) groups is 2. The Bertz CT molecular complexity index is 1390. The van der Waals surface area contributed by atoms with Crippen molar-refractivity contribution in [1.29, 1.82) is 0 Å². The molecule has 212 valence electrons. The van der Waals surface area contributed by atoms with Crippen LogP contribution in [0, 0.1) is 5.82 Å². The third-order valence-corrected chi connectivity index (χ3v) is 7.27. The molecule has 40 heavy (non-hydrogen) atoms. The van der Waals surface area contributed by atoms with Crippen LogP contribution in [0.15, 0.2) is 65.0 Å². The smallest absolute Gasteiger partial charge is 0.338 e. The maximum Gasteiger partial charge on any atom is 0.338 e. The summed E-state index contributed by atoms with van der Waals surface area (Å²) in [6, 6.07) is 13.2. The Morgan fingerprint density at radius 1 is 1.12 bits per heavy atom. The lowest BCUT2D eigenvalue weighted by Crippen LogP contribution is -2.34. The first-order chi connectivity index (χ1) is 19.2. The van der Waals surface area contributed by atoms with E-state index in [0.29, 0.717) is 52.5 Å². The van der Waals surface area contributed by atoms with Gasteiger partial charge in [-0.3, -0.25) is 4.79 Å². The summed E-state index contributed by atoms with van der Waals surface area (Å²) in [5.41, 5.74) is 2.32. The summed E-state index contributed by atoms with van der Waals surface area (Å²) in [6.07, 6.45) is -0.309. The lowest BCUT2D eigenvalue weighted by Gasteiger charge is -2.28. The number of fused-ring (bicyclic) bond motifs is 1. The number of halogens is 1. The van der Waals surface area contributed by atoms with E-state index in [2.05, 4.69) is 15.4 Å². The first-order valence-corrected chi connectivity index (χ1v) is 14.2. The van der Waals surface area contributed by atoms with Crippen molar-refractivity contribution in [3.8, 4) is 5.75 Å². The van der Waals surface area contributed by atoms with Crippen molar-refractivity contribution >= 4 is 29.6 Å². The highest BCUT2D eigenvalue weighted by atomic mass is 32.2. The van der Waals surface area contributed by atoms with Gasteiger partial charge in [0.2, 0.25) is 11.1 Å². The van der Waals surface area contributed by atoms with E-state index in [1.165, 1.54) is 17.8 Å². The summed E-state index contributed by atoms with van der Waals surface area (Å²) in [7, 11) is 0. The van der Waals surface area contributed by atoms with Crippen LogP contribution in [0.1, 0.15) is 51.8 Å². The number of hydrogen-bond acceptors (Lipinski definition) is 8. The molecule has 0 fully saturated rings. The number of aromatic nitrogens is 3. The van der Waals surface area contributed by atoms with E-state index in [0.717, 1.165) is 5.56 Å². The van der Waals surface area contributed by atoms with Crippen molar-refractivity contribution in [3.63, 3.8) is 0 Å². The minimum absolute atomic E-state index is 0.0604. The summed E-state index contributed by atoms with van der Waals surface area (Å²) >= 11 is 1.30. The number of benzene rings is 2. The van der Waals surface area contributed by atoms with E-state index in [9.17, 15) is 14.0 Å². The molecule has 1 N–H and O–H groups in total. The molecule has 1 atom stereocenters. The molecule has 1 aromatic heterocycles. The number of likely N-dealkylation sites (N-methyl/N-ethyl adjacent to an activating group) is 1. The second-order valence-corrected chi connectivity index (χ2v) is 10.4. The van der Waals surface area contributed by atoms with Gasteiger partial charge in [0.05, 0.1) is 11.7 Å². The summed E-state index contributed by atoms with van der Waals surface area (Å²) < 4.78 is 27.1. The number of nitrogens with one attached hydrogen (secondary N) is 1. The monoisotopic (exact) mass is 567 g/mol. The molecule has 1 aliphatic rings. The first-order valence-electron chi connectivity index (χ1n) is 13.2. The highest BCUT2D eigenvalue weighted by Gasteiger charge is 2.35. The van der Waals surface area contributed by atoms with Crippen molar-refractivity contribution < 1.29 is 23.5 Å². The van der Waals surface area contributed by atoms with Crippen LogP contribution >= 0.6 is 11.8 Å². The van der Waals surface area contributed by atoms with Crippen molar-refractivity contribution in [2.45, 2.75) is 57.7 Å². The summed E-state index contributed by atoms with van der Waals surface area (Å²) in [6.45, 7) is 10.4. The predicted molar refractivity (Wildman–Crippen MR) is 152 cm³/mol. The standard InChI is InChI=1S/C29H34FN5O4S/c1-6-34(7-2)24(36)16-38-22-14-12-20(13-15-22)26-25(27(37)39-18(3)4)19(5)31-28-32-29(33-35(26)28)40-17-21-10-8-9-11-23(21)30/h8-15,18,26H,6-7,16-17H2,1-5H3,(H,31,32,33). The molecule has 4 rings (SSSR count). The number of thioether (sulfide) groups is 1. The van der Waals surface area contributed by atoms with E-state index in [4.69, 9.17) is 9.47 Å². The average molecular weight is 568 g/mol. The highest BCUT2D eigenvalue weighted by molar-refractivity contribution is 7.98. The number of ether oxygens (including phenoxy) is 2. The zero-order valence-corrected chi connectivity index (χ0v) is 24.1. The normalized spacial score (nSPS) is 14.5. The Hall–Kier alpha value is -3.86. The van der Waals surface area contributed by atoms with Crippen LogP contribution in [0.3, 0.4) is 0 Å². The van der Waals surface area contributed by atoms with Gasteiger partial charge < -0.3 is 19.7 Å². The van der Waals surface area contributed by atoms with Crippen molar-refractivity contribution in [1.82, 2.24) is 19.7 Å². The molecular formula is C29H34FN5O4S. The SMILES string of the molecule is CCN(CC)C(=O)COc1ccc(C2C(C(=O)OC(C)C)=C(C)Nc3nc(SCc4ccccc4F)nn32)cc1. The summed E-state index contributed by atoms with van der Waals surface area (Å²) in [5, 5.41) is 8.29. The number of amides is 1. The molecule has 1 aliphatic heterocycles. The maximum absolute atomic E-state index is 14.1. The van der Waals surface area contributed by atoms with E-state index in [-0.39, 0.29) is 24.4 Å². The van der Waals surface area contributed by atoms with Crippen LogP contribution in [-0.2, 0) is 20.1 Å². The maximum atomic E-state index is 14.1. The Labute approximate surface area is 237 Å². The molecule has 1 amide bonds. The molecular weight excluding hydrogens is 533 g/mol. The first kappa shape index (κ1) is 29.1. The third kappa shape index (κ3) is 6.64. The Morgan fingerprint density at radius 2 is 1.82 bits per heavy atom. The van der Waals surface area contributed by atoms with Crippen LogP contribution in [0.25, 0.3) is 0 Å². The van der Waals surface area contributed by atoms with Crippen molar-refractivity contribution in [2.24, 2.45) is 0 Å². The molecule has 0 saturated heterocycles. The van der Waals surface area contributed by atoms with Gasteiger partial charge in [-0.05, 0) is 63.9 Å². The Morgan fingerprint density at radius 3 is 2.48 bits per heavy atom. The zero-order valence-electron chi connectivity index (χ0n) is 23.3. The number of anilines is 1. The zero-order chi connectivity index (χ0) is 28.8. The molecule has 0 bridgehead atoms. The Kier molecular flexibility index (Phi) is 9.46. The second kappa shape index (κ2) is 13.0. The molecule has 9 nitrogen and oxygen atoms in total. The Balaban J connectivity index is 1.61. The van der Waals surface area contributed by atoms with Gasteiger partial charge in [0, 0.05) is 24.5 Å². The van der Waals surface area contributed by atoms with E-state index >= 15 is 0 Å². The van der Waals surface area contributed by atoms with Crippen molar-refractivity contribution in [3.05, 3.63) is 76.7 Å². The fourth-order valence-electron chi connectivity index (χ4n) is 4.36. The molecule has 0 aliphatic carbocycles. The molecule has 0 spiro atoms. The quantitative estimate of drug-likeness (QED) is 0.250. The van der Waals surface area contributed by atoms with Crippen LogP contribution in [0.4, 0.5) is 10.3 Å². The number of nitrogens with zero attached hydrogens (tertiary/aromatic N) is 4. The predicted octanol–water partition coefficient (Wildman–Crippen LogP) is 5.20. The van der Waals surface area contributed by atoms with Crippen LogP contribution in [0.5, 0.6) is 5.75 Å². The molecule has 1 unspecified atom stereocenters. The molecule has 3 aromatic rings. The van der Waals surface area contributed by atoms with Gasteiger partial charge in [0.15, 0.2) is 6.61 Å². The number of esters is 1. The number of rotatable bonds is 11. The van der Waals surface area contributed by atoms with Crippen LogP contribution in [0.2, 0.25) is 0 Å². The highest BCUT2D eigenvalue weighted by Crippen LogP contribution is 2.37. The number of hydrogen-bond donors (Lipinski definition) is 1. The molecule has 0 saturated carbocycles. The van der Waals surface area contributed by atoms with E-state index in [1.54, 1.807) is 60.7 Å². The number of allylic oxidation sites excluding steroid dienone is 1. The summed E-state index contributed by atoms with van der Waals surface area (Å²) in [4.78, 5) is 31.9. The average Bonchev–Trinajstić information content (AvgIpc) is 3.33. The number of carbonyl (C=O) groups excluding carboxylic acids is 2. The van der Waals surface area contributed by atoms with Crippen LogP contribution < -0.4 is 10.1 Å². The minimum atomic E-state index is -0.621. The minimum Gasteiger partial charge on any atom is -0.484 e. The third-order valence-electron chi connectivity index (χ3n) is 6.38. The molecule has 2 heterocycles. The lowest BCUT2D eigenvalue weighted by molar-refractivity contribution is -0.143. The summed E-state index contributed by atoms with van der Waals surface area (Å²) in [5.74, 6) is 0.518. The van der Waals surface area contributed by atoms with Gasteiger partial charge in [-0.1, -0.05) is 42.1 Å². The van der Waals surface area contributed by atoms with E-state index < -0.39 is 12.0 Å². The molecule has 0 radical (unpaired) electrons. The van der Waals surface area contributed by atoms with Crippen molar-refractivity contribution in [2.75, 3.05) is 25.0 Å².